The molecule has 1 aromatic heterocycles. The third kappa shape index (κ3) is 2.08. The minimum Gasteiger partial charge on any atom is -0.396 e. The molecule has 0 unspecified atom stereocenters. The average molecular weight is 256 g/mol. The van der Waals surface area contributed by atoms with Crippen LogP contribution in [0.5, 0.6) is 0 Å². The molecule has 0 spiro atoms. The fourth-order valence-electron chi connectivity index (χ4n) is 2.49. The van der Waals surface area contributed by atoms with Crippen molar-refractivity contribution in [3.05, 3.63) is 23.9 Å². The van der Waals surface area contributed by atoms with Crippen LogP contribution in [0.4, 0.5) is 0 Å². The number of aromatic nitrogens is 1. The monoisotopic (exact) mass is 256 g/mol. The van der Waals surface area contributed by atoms with E-state index >= 15 is 0 Å². The third-order valence-corrected chi connectivity index (χ3v) is 4.48. The summed E-state index contributed by atoms with van der Waals surface area (Å²) in [6.45, 7) is 4.28. The molecule has 1 aromatic rings. The molecule has 17 heavy (non-hydrogen) atoms. The van der Waals surface area contributed by atoms with Gasteiger partial charge in [0, 0.05) is 12.8 Å². The Balaban J connectivity index is 2.27. The molecule has 2 rings (SSSR count). The molecule has 6 heteroatoms. The molecular weight excluding hydrogens is 240 g/mol. The van der Waals surface area contributed by atoms with Gasteiger partial charge in [-0.3, -0.25) is 0 Å². The van der Waals surface area contributed by atoms with E-state index in [2.05, 4.69) is 18.8 Å². The third-order valence-electron chi connectivity index (χ3n) is 3.66. The lowest BCUT2D eigenvalue weighted by Gasteiger charge is -2.03. The number of nitrogens with zero attached hydrogens (tertiary/aromatic N) is 1. The summed E-state index contributed by atoms with van der Waals surface area (Å²) in [4.78, 5) is 3.85. The average Bonchev–Trinajstić information content (AvgIpc) is 2.79. The topological polar surface area (TPSA) is 93.3 Å². The molecular formula is C11H16N2O3S. The predicted octanol–water partition coefficient (Wildman–Crippen LogP) is 0.461. The SMILES string of the molecule is CC1(C)[C@@H](CO)[C@@H]1c1ccc(S(N)(=O)=O)nc1. The van der Waals surface area contributed by atoms with Crippen molar-refractivity contribution in [1.82, 2.24) is 4.98 Å². The van der Waals surface area contributed by atoms with Gasteiger partial charge in [0.25, 0.3) is 10.0 Å². The summed E-state index contributed by atoms with van der Waals surface area (Å²) in [5.41, 5.74) is 0.987. The Hall–Kier alpha value is -0.980. The van der Waals surface area contributed by atoms with Gasteiger partial charge in [-0.25, -0.2) is 18.5 Å². The Bertz CT molecular complexity index is 522. The normalized spacial score (nSPS) is 26.8. The molecule has 3 N–H and O–H groups in total. The Morgan fingerprint density at radius 3 is 2.47 bits per heavy atom. The Kier molecular flexibility index (Phi) is 2.76. The van der Waals surface area contributed by atoms with Crippen LogP contribution >= 0.6 is 0 Å². The lowest BCUT2D eigenvalue weighted by atomic mass is 10.1. The molecule has 2 atom stereocenters. The zero-order chi connectivity index (χ0) is 12.8. The molecule has 0 radical (unpaired) electrons. The number of primary sulfonamides is 1. The number of hydrogen-bond acceptors (Lipinski definition) is 4. The van der Waals surface area contributed by atoms with Gasteiger partial charge in [-0.1, -0.05) is 19.9 Å². The highest BCUT2D eigenvalue weighted by Gasteiger charge is 2.57. The Labute approximate surface area is 101 Å². The summed E-state index contributed by atoms with van der Waals surface area (Å²) < 4.78 is 22.1. The minimum atomic E-state index is -3.73. The number of pyridine rings is 1. The number of sulfonamides is 1. The van der Waals surface area contributed by atoms with Gasteiger partial charge in [0.15, 0.2) is 5.03 Å². The highest BCUT2D eigenvalue weighted by molar-refractivity contribution is 7.89. The first-order valence-electron chi connectivity index (χ1n) is 5.38. The molecule has 1 aliphatic carbocycles. The molecule has 0 bridgehead atoms. The molecule has 0 aromatic carbocycles. The summed E-state index contributed by atoms with van der Waals surface area (Å²) in [6.07, 6.45) is 1.53. The zero-order valence-electron chi connectivity index (χ0n) is 9.79. The van der Waals surface area contributed by atoms with E-state index in [1.165, 1.54) is 12.3 Å². The summed E-state index contributed by atoms with van der Waals surface area (Å²) in [5.74, 6) is 0.444. The second kappa shape index (κ2) is 3.76. The number of hydrogen-bond donors (Lipinski definition) is 2. The fraction of sp³-hybridized carbons (Fsp3) is 0.545. The first kappa shape index (κ1) is 12.5. The van der Waals surface area contributed by atoms with Gasteiger partial charge in [-0.2, -0.15) is 0 Å². The second-order valence-corrected chi connectivity index (χ2v) is 6.57. The van der Waals surface area contributed by atoms with Crippen LogP contribution in [0.25, 0.3) is 0 Å². The molecule has 0 aliphatic heterocycles. The van der Waals surface area contributed by atoms with E-state index in [1.807, 2.05) is 0 Å². The molecule has 94 valence electrons. The van der Waals surface area contributed by atoms with Crippen molar-refractivity contribution in [3.63, 3.8) is 0 Å². The number of nitrogens with two attached hydrogens (primary N) is 1. The van der Waals surface area contributed by atoms with Gasteiger partial charge in [-0.15, -0.1) is 0 Å². The maximum Gasteiger partial charge on any atom is 0.255 e. The zero-order valence-corrected chi connectivity index (χ0v) is 10.6. The molecule has 1 saturated carbocycles. The number of aliphatic hydroxyl groups is 1. The highest BCUT2D eigenvalue weighted by atomic mass is 32.2. The van der Waals surface area contributed by atoms with Crippen molar-refractivity contribution < 1.29 is 13.5 Å². The van der Waals surface area contributed by atoms with Crippen LogP contribution in [-0.4, -0.2) is 25.1 Å². The molecule has 1 fully saturated rings. The van der Waals surface area contributed by atoms with Crippen molar-refractivity contribution in [3.8, 4) is 0 Å². The van der Waals surface area contributed by atoms with E-state index in [0.717, 1.165) is 5.56 Å². The first-order chi connectivity index (χ1) is 7.78. The van der Waals surface area contributed by atoms with Gasteiger partial charge < -0.3 is 5.11 Å². The first-order valence-corrected chi connectivity index (χ1v) is 6.92. The second-order valence-electron chi connectivity index (χ2n) is 5.06. The van der Waals surface area contributed by atoms with E-state index in [0.29, 0.717) is 0 Å². The van der Waals surface area contributed by atoms with E-state index in [9.17, 15) is 13.5 Å². The van der Waals surface area contributed by atoms with Crippen molar-refractivity contribution in [2.75, 3.05) is 6.61 Å². The van der Waals surface area contributed by atoms with Crippen molar-refractivity contribution in [1.29, 1.82) is 0 Å². The fourth-order valence-corrected chi connectivity index (χ4v) is 2.95. The van der Waals surface area contributed by atoms with Crippen molar-refractivity contribution in [2.45, 2.75) is 24.8 Å². The number of aliphatic hydroxyl groups excluding tert-OH is 1. The summed E-state index contributed by atoms with van der Waals surface area (Å²) in [7, 11) is -3.73. The largest absolute Gasteiger partial charge is 0.396 e. The molecule has 1 heterocycles. The minimum absolute atomic E-state index is 0.0412. The van der Waals surface area contributed by atoms with Crippen LogP contribution in [-0.2, 0) is 10.0 Å². The van der Waals surface area contributed by atoms with Gasteiger partial charge in [0.2, 0.25) is 0 Å². The lowest BCUT2D eigenvalue weighted by molar-refractivity contribution is 0.256. The van der Waals surface area contributed by atoms with Crippen LogP contribution in [0.3, 0.4) is 0 Å². The van der Waals surface area contributed by atoms with E-state index in [4.69, 9.17) is 5.14 Å². The summed E-state index contributed by atoms with van der Waals surface area (Å²) in [5, 5.41) is 14.1. The summed E-state index contributed by atoms with van der Waals surface area (Å²) in [6, 6.07) is 3.13. The van der Waals surface area contributed by atoms with Crippen LogP contribution in [0, 0.1) is 11.3 Å². The van der Waals surface area contributed by atoms with Crippen LogP contribution in [0.15, 0.2) is 23.4 Å². The van der Waals surface area contributed by atoms with Crippen LogP contribution in [0.2, 0.25) is 0 Å². The molecule has 5 nitrogen and oxygen atoms in total. The predicted molar refractivity (Wildman–Crippen MR) is 62.7 cm³/mol. The van der Waals surface area contributed by atoms with Crippen LogP contribution in [0.1, 0.15) is 25.3 Å². The summed E-state index contributed by atoms with van der Waals surface area (Å²) >= 11 is 0. The van der Waals surface area contributed by atoms with Crippen molar-refractivity contribution in [2.24, 2.45) is 16.5 Å². The van der Waals surface area contributed by atoms with Gasteiger partial charge in [-0.05, 0) is 28.9 Å². The standard InChI is InChI=1S/C11H16N2O3S/c1-11(2)8(6-14)10(11)7-3-4-9(13-5-7)17(12,15)16/h3-5,8,10,14H,6H2,1-2H3,(H2,12,15,16)/t8-,10-/m0/s1. The molecule has 0 amide bonds. The van der Waals surface area contributed by atoms with Gasteiger partial charge in [0.1, 0.15) is 0 Å². The van der Waals surface area contributed by atoms with Gasteiger partial charge >= 0.3 is 0 Å². The van der Waals surface area contributed by atoms with Crippen molar-refractivity contribution >= 4 is 10.0 Å². The smallest absolute Gasteiger partial charge is 0.255 e. The Morgan fingerprint density at radius 2 is 2.12 bits per heavy atom. The highest BCUT2D eigenvalue weighted by Crippen LogP contribution is 2.63. The van der Waals surface area contributed by atoms with Gasteiger partial charge in [0.05, 0.1) is 0 Å². The van der Waals surface area contributed by atoms with E-state index < -0.39 is 10.0 Å². The molecule has 0 saturated heterocycles. The maximum absolute atomic E-state index is 11.1. The molecule has 1 aliphatic rings. The lowest BCUT2D eigenvalue weighted by Crippen LogP contribution is -2.13. The Morgan fingerprint density at radius 1 is 1.47 bits per heavy atom. The van der Waals surface area contributed by atoms with E-state index in [1.54, 1.807) is 6.07 Å². The number of rotatable bonds is 3. The van der Waals surface area contributed by atoms with Crippen LogP contribution < -0.4 is 5.14 Å². The van der Waals surface area contributed by atoms with E-state index in [-0.39, 0.29) is 28.9 Å². The quantitative estimate of drug-likeness (QED) is 0.821. The maximum atomic E-state index is 11.1.